The molecule has 0 amide bonds. The Morgan fingerprint density at radius 3 is 2.18 bits per heavy atom. The van der Waals surface area contributed by atoms with Gasteiger partial charge < -0.3 is 5.11 Å². The molecule has 0 unspecified atom stereocenters. The van der Waals surface area contributed by atoms with Gasteiger partial charge in [-0.1, -0.05) is 48.5 Å². The van der Waals surface area contributed by atoms with Gasteiger partial charge in [-0.3, -0.25) is 0 Å². The molecule has 5 nitrogen and oxygen atoms in total. The SMILES string of the molecule is C[C@@H](c1ccc(C(=O)O)cc1)c1cc(-c2ccc(F)cc2)cc2nnn(Cc3ccc(C(F)(F)F)cc3)c12. The molecule has 9 heteroatoms. The van der Waals surface area contributed by atoms with Gasteiger partial charge in [-0.25, -0.2) is 13.9 Å². The van der Waals surface area contributed by atoms with Crippen LogP contribution in [0.5, 0.6) is 0 Å². The molecule has 1 heterocycles. The number of halogens is 4. The number of aromatic carboxylic acids is 1. The van der Waals surface area contributed by atoms with Crippen molar-refractivity contribution in [2.75, 3.05) is 0 Å². The van der Waals surface area contributed by atoms with E-state index in [9.17, 15) is 27.5 Å². The van der Waals surface area contributed by atoms with Gasteiger partial charge in [0, 0.05) is 5.92 Å². The van der Waals surface area contributed by atoms with Crippen LogP contribution in [0.4, 0.5) is 17.6 Å². The number of aromatic nitrogens is 3. The van der Waals surface area contributed by atoms with E-state index in [2.05, 4.69) is 10.3 Å². The van der Waals surface area contributed by atoms with E-state index in [1.807, 2.05) is 19.1 Å². The number of nitrogens with zero attached hydrogens (tertiary/aromatic N) is 3. The summed E-state index contributed by atoms with van der Waals surface area (Å²) in [6.07, 6.45) is -4.42. The number of benzene rings is 4. The molecule has 1 N–H and O–H groups in total. The molecule has 192 valence electrons. The largest absolute Gasteiger partial charge is 0.478 e. The highest BCUT2D eigenvalue weighted by Gasteiger charge is 2.30. The highest BCUT2D eigenvalue weighted by molar-refractivity contribution is 5.88. The van der Waals surface area contributed by atoms with Crippen molar-refractivity contribution in [1.29, 1.82) is 0 Å². The average molecular weight is 519 g/mol. The first-order chi connectivity index (χ1) is 18.1. The topological polar surface area (TPSA) is 68.0 Å². The number of rotatable bonds is 6. The molecule has 38 heavy (non-hydrogen) atoms. The molecule has 0 saturated carbocycles. The molecule has 0 aliphatic rings. The van der Waals surface area contributed by atoms with Gasteiger partial charge in [0.25, 0.3) is 0 Å². The second kappa shape index (κ2) is 9.74. The average Bonchev–Trinajstić information content (AvgIpc) is 3.30. The fourth-order valence-corrected chi connectivity index (χ4v) is 4.46. The molecule has 0 aliphatic carbocycles. The van der Waals surface area contributed by atoms with Crippen LogP contribution in [0, 0.1) is 5.82 Å². The molecule has 1 aromatic heterocycles. The second-order valence-corrected chi connectivity index (χ2v) is 9.03. The van der Waals surface area contributed by atoms with Gasteiger partial charge in [-0.15, -0.1) is 5.10 Å². The van der Waals surface area contributed by atoms with Gasteiger partial charge in [0.05, 0.1) is 23.2 Å². The van der Waals surface area contributed by atoms with Crippen molar-refractivity contribution < 1.29 is 27.5 Å². The Bertz CT molecular complexity index is 1610. The molecule has 5 aromatic rings. The van der Waals surface area contributed by atoms with Gasteiger partial charge in [0.1, 0.15) is 11.3 Å². The number of hydrogen-bond acceptors (Lipinski definition) is 3. The highest BCUT2D eigenvalue weighted by Crippen LogP contribution is 2.35. The van der Waals surface area contributed by atoms with Crippen LogP contribution < -0.4 is 0 Å². The maximum absolute atomic E-state index is 13.5. The van der Waals surface area contributed by atoms with Crippen molar-refractivity contribution in [2.24, 2.45) is 0 Å². The van der Waals surface area contributed by atoms with Gasteiger partial charge in [-0.2, -0.15) is 13.2 Å². The van der Waals surface area contributed by atoms with Gasteiger partial charge in [0.15, 0.2) is 0 Å². The first-order valence-corrected chi connectivity index (χ1v) is 11.7. The second-order valence-electron chi connectivity index (χ2n) is 9.03. The molecule has 5 rings (SSSR count). The minimum atomic E-state index is -4.42. The van der Waals surface area contributed by atoms with E-state index in [4.69, 9.17) is 0 Å². The standard InChI is InChI=1S/C29H21F4N3O2/c1-17(19-4-6-21(7-5-19)28(37)38)25-14-22(20-8-12-24(30)13-9-20)15-26-27(25)36(35-34-26)16-18-2-10-23(11-3-18)29(31,32)33/h2-15,17H,16H2,1H3,(H,37,38)/t17-/m0/s1. The number of alkyl halides is 3. The zero-order valence-electron chi connectivity index (χ0n) is 20.1. The summed E-state index contributed by atoms with van der Waals surface area (Å²) < 4.78 is 54.2. The molecule has 0 aliphatic heterocycles. The summed E-state index contributed by atoms with van der Waals surface area (Å²) in [6.45, 7) is 2.16. The smallest absolute Gasteiger partial charge is 0.416 e. The first-order valence-electron chi connectivity index (χ1n) is 11.7. The van der Waals surface area contributed by atoms with E-state index in [1.165, 1.54) is 36.4 Å². The Balaban J connectivity index is 1.61. The predicted molar refractivity (Wildman–Crippen MR) is 134 cm³/mol. The summed E-state index contributed by atoms with van der Waals surface area (Å²) in [5.74, 6) is -1.60. The summed E-state index contributed by atoms with van der Waals surface area (Å²) in [5.41, 5.74) is 4.60. The summed E-state index contributed by atoms with van der Waals surface area (Å²) in [6, 6.07) is 21.3. The molecule has 0 radical (unpaired) electrons. The van der Waals surface area contributed by atoms with Crippen LogP contribution in [0.1, 0.15) is 45.5 Å². The van der Waals surface area contributed by atoms with E-state index >= 15 is 0 Å². The van der Waals surface area contributed by atoms with Crippen LogP contribution in [0.25, 0.3) is 22.2 Å². The predicted octanol–water partition coefficient (Wildman–Crippen LogP) is 7.15. The fraction of sp³-hybridized carbons (Fsp3) is 0.138. The van der Waals surface area contributed by atoms with Crippen molar-refractivity contribution in [3.8, 4) is 11.1 Å². The van der Waals surface area contributed by atoms with Crippen molar-refractivity contribution in [3.05, 3.63) is 119 Å². The Labute approximate surface area is 215 Å². The summed E-state index contributed by atoms with van der Waals surface area (Å²) >= 11 is 0. The number of carbonyl (C=O) groups is 1. The zero-order valence-corrected chi connectivity index (χ0v) is 20.1. The van der Waals surface area contributed by atoms with Gasteiger partial charge in [0.2, 0.25) is 0 Å². The third-order valence-corrected chi connectivity index (χ3v) is 6.55. The number of hydrogen-bond donors (Lipinski definition) is 1. The molecule has 0 bridgehead atoms. The first kappa shape index (κ1) is 25.1. The molecule has 4 aromatic carbocycles. The lowest BCUT2D eigenvalue weighted by atomic mass is 9.89. The molecular formula is C29H21F4N3O2. The minimum absolute atomic E-state index is 0.167. The van der Waals surface area contributed by atoms with E-state index < -0.39 is 17.7 Å². The lowest BCUT2D eigenvalue weighted by Gasteiger charge is -2.17. The monoisotopic (exact) mass is 519 g/mol. The molecule has 0 saturated heterocycles. The molecule has 1 atom stereocenters. The molecular weight excluding hydrogens is 498 g/mol. The number of carboxylic acids is 1. The van der Waals surface area contributed by atoms with Crippen LogP contribution >= 0.6 is 0 Å². The fourth-order valence-electron chi connectivity index (χ4n) is 4.46. The van der Waals surface area contributed by atoms with Crippen LogP contribution in [-0.2, 0) is 12.7 Å². The van der Waals surface area contributed by atoms with Gasteiger partial charge in [-0.05, 0) is 76.3 Å². The zero-order chi connectivity index (χ0) is 27.0. The van der Waals surface area contributed by atoms with E-state index in [0.29, 0.717) is 16.6 Å². The van der Waals surface area contributed by atoms with Gasteiger partial charge >= 0.3 is 12.1 Å². The maximum atomic E-state index is 13.5. The Kier molecular flexibility index (Phi) is 6.44. The molecule has 0 fully saturated rings. The summed E-state index contributed by atoms with van der Waals surface area (Å²) in [5, 5.41) is 17.9. The Morgan fingerprint density at radius 2 is 1.58 bits per heavy atom. The summed E-state index contributed by atoms with van der Waals surface area (Å²) in [4.78, 5) is 11.3. The molecule has 0 spiro atoms. The van der Waals surface area contributed by atoms with Crippen molar-refractivity contribution >= 4 is 17.0 Å². The third-order valence-electron chi connectivity index (χ3n) is 6.55. The van der Waals surface area contributed by atoms with Crippen molar-refractivity contribution in [3.63, 3.8) is 0 Å². The van der Waals surface area contributed by atoms with Crippen LogP contribution in [0.3, 0.4) is 0 Å². The highest BCUT2D eigenvalue weighted by atomic mass is 19.4. The lowest BCUT2D eigenvalue weighted by Crippen LogP contribution is -2.08. The quantitative estimate of drug-likeness (QED) is 0.242. The number of carboxylic acid groups (broad SMARTS) is 1. The van der Waals surface area contributed by atoms with E-state index in [1.54, 1.807) is 28.9 Å². The van der Waals surface area contributed by atoms with Crippen LogP contribution in [0.15, 0.2) is 84.9 Å². The van der Waals surface area contributed by atoms with Crippen molar-refractivity contribution in [1.82, 2.24) is 15.0 Å². The lowest BCUT2D eigenvalue weighted by molar-refractivity contribution is -0.137. The van der Waals surface area contributed by atoms with Crippen molar-refractivity contribution in [2.45, 2.75) is 25.6 Å². The Morgan fingerprint density at radius 1 is 0.921 bits per heavy atom. The minimum Gasteiger partial charge on any atom is -0.478 e. The van der Waals surface area contributed by atoms with Crippen LogP contribution in [-0.4, -0.2) is 26.1 Å². The van der Waals surface area contributed by atoms with Crippen LogP contribution in [0.2, 0.25) is 0 Å². The van der Waals surface area contributed by atoms with E-state index in [0.717, 1.165) is 34.4 Å². The number of fused-ring (bicyclic) bond motifs is 1. The normalized spacial score (nSPS) is 12.6. The Hall–Kier alpha value is -4.53. The maximum Gasteiger partial charge on any atom is 0.416 e. The third kappa shape index (κ3) is 5.00. The summed E-state index contributed by atoms with van der Waals surface area (Å²) in [7, 11) is 0. The van der Waals surface area contributed by atoms with E-state index in [-0.39, 0.29) is 23.8 Å².